The van der Waals surface area contributed by atoms with Gasteiger partial charge in [0.25, 0.3) is 0 Å². The van der Waals surface area contributed by atoms with Gasteiger partial charge in [-0.25, -0.2) is 4.39 Å². The molecule has 0 saturated heterocycles. The van der Waals surface area contributed by atoms with Gasteiger partial charge in [-0.3, -0.25) is 4.79 Å². The fraction of sp³-hybridized carbons (Fsp3) is 0.300. The zero-order valence-corrected chi connectivity index (χ0v) is 7.70. The molecule has 0 heterocycles. The van der Waals surface area contributed by atoms with E-state index in [4.69, 9.17) is 10.2 Å². The normalized spacial score (nSPS) is 12.4. The second kappa shape index (κ2) is 4.09. The van der Waals surface area contributed by atoms with Gasteiger partial charge in [0, 0.05) is 0 Å². The smallest absolute Gasteiger partial charge is 0.303 e. The van der Waals surface area contributed by atoms with Crippen LogP contribution in [0.5, 0.6) is 5.75 Å². The van der Waals surface area contributed by atoms with Gasteiger partial charge in [0.05, 0.1) is 6.42 Å². The van der Waals surface area contributed by atoms with Gasteiger partial charge in [-0.05, 0) is 17.5 Å². The van der Waals surface area contributed by atoms with Crippen molar-refractivity contribution in [3.05, 3.63) is 29.6 Å². The molecule has 0 bridgehead atoms. The van der Waals surface area contributed by atoms with Crippen molar-refractivity contribution in [3.8, 4) is 5.75 Å². The minimum atomic E-state index is -0.986. The number of phenolic OH excluding ortho intramolecular Hbond substituents is 1. The lowest BCUT2D eigenvalue weighted by molar-refractivity contribution is -0.137. The van der Waals surface area contributed by atoms with Crippen LogP contribution in [0.4, 0.5) is 4.39 Å². The van der Waals surface area contributed by atoms with Crippen LogP contribution in [0.3, 0.4) is 0 Å². The summed E-state index contributed by atoms with van der Waals surface area (Å²) in [5.74, 6) is -2.61. The predicted octanol–water partition coefficient (Wildman–Crippen LogP) is 2.11. The number of halogens is 1. The molecule has 0 aliphatic carbocycles. The summed E-state index contributed by atoms with van der Waals surface area (Å²) < 4.78 is 13.3. The zero-order valence-electron chi connectivity index (χ0n) is 7.70. The van der Waals surface area contributed by atoms with E-state index < -0.39 is 23.5 Å². The van der Waals surface area contributed by atoms with Crippen molar-refractivity contribution >= 4 is 5.97 Å². The Labute approximate surface area is 80.8 Å². The monoisotopic (exact) mass is 198 g/mol. The maximum absolute atomic E-state index is 13.3. The lowest BCUT2D eigenvalue weighted by Gasteiger charge is -2.10. The molecular formula is C10H11FO3. The van der Waals surface area contributed by atoms with Gasteiger partial charge < -0.3 is 10.2 Å². The van der Waals surface area contributed by atoms with Crippen LogP contribution >= 0.6 is 0 Å². The molecule has 14 heavy (non-hydrogen) atoms. The van der Waals surface area contributed by atoms with E-state index in [-0.39, 0.29) is 12.0 Å². The van der Waals surface area contributed by atoms with Gasteiger partial charge in [-0.15, -0.1) is 0 Å². The van der Waals surface area contributed by atoms with Crippen molar-refractivity contribution in [1.82, 2.24) is 0 Å². The predicted molar refractivity (Wildman–Crippen MR) is 48.7 cm³/mol. The first kappa shape index (κ1) is 10.5. The second-order valence-electron chi connectivity index (χ2n) is 3.18. The van der Waals surface area contributed by atoms with Gasteiger partial charge in [0.15, 0.2) is 11.6 Å². The fourth-order valence-electron chi connectivity index (χ4n) is 1.29. The molecule has 0 aliphatic rings. The van der Waals surface area contributed by atoms with E-state index in [0.29, 0.717) is 0 Å². The average Bonchev–Trinajstić information content (AvgIpc) is 2.08. The number of aliphatic carboxylic acids is 1. The Hall–Kier alpha value is -1.58. The molecule has 1 atom stereocenters. The maximum Gasteiger partial charge on any atom is 0.303 e. The molecule has 1 unspecified atom stereocenters. The number of hydrogen-bond donors (Lipinski definition) is 2. The number of carbonyl (C=O) groups is 1. The third kappa shape index (κ3) is 2.22. The standard InChI is InChI=1S/C10H11FO3/c1-6(5-9(13)14)7-3-2-4-8(12)10(7)11/h2-4,6,12H,5H2,1H3,(H,13,14). The van der Waals surface area contributed by atoms with Crippen LogP contribution < -0.4 is 0 Å². The van der Waals surface area contributed by atoms with Gasteiger partial charge >= 0.3 is 5.97 Å². The lowest BCUT2D eigenvalue weighted by atomic mass is 9.97. The SMILES string of the molecule is CC(CC(=O)O)c1cccc(O)c1F. The number of rotatable bonds is 3. The second-order valence-corrected chi connectivity index (χ2v) is 3.18. The molecule has 2 N–H and O–H groups in total. The highest BCUT2D eigenvalue weighted by Crippen LogP contribution is 2.27. The van der Waals surface area contributed by atoms with E-state index in [1.165, 1.54) is 18.2 Å². The third-order valence-corrected chi connectivity index (χ3v) is 2.02. The molecule has 0 aliphatic heterocycles. The highest BCUT2D eigenvalue weighted by Gasteiger charge is 2.16. The average molecular weight is 198 g/mol. The van der Waals surface area contributed by atoms with E-state index in [9.17, 15) is 9.18 Å². The Morgan fingerprint density at radius 2 is 2.21 bits per heavy atom. The number of aromatic hydroxyl groups is 1. The van der Waals surface area contributed by atoms with Crippen molar-refractivity contribution in [1.29, 1.82) is 0 Å². The molecule has 0 radical (unpaired) electrons. The summed E-state index contributed by atoms with van der Waals surface area (Å²) >= 11 is 0. The number of carboxylic acid groups (broad SMARTS) is 1. The first-order valence-corrected chi connectivity index (χ1v) is 4.21. The number of benzene rings is 1. The Morgan fingerprint density at radius 3 is 2.79 bits per heavy atom. The van der Waals surface area contributed by atoms with E-state index in [1.54, 1.807) is 6.92 Å². The number of phenols is 1. The van der Waals surface area contributed by atoms with Gasteiger partial charge in [0.2, 0.25) is 0 Å². The van der Waals surface area contributed by atoms with Crippen molar-refractivity contribution in [3.63, 3.8) is 0 Å². The molecule has 4 heteroatoms. The topological polar surface area (TPSA) is 57.5 Å². The quantitative estimate of drug-likeness (QED) is 0.782. The Bertz CT molecular complexity index is 349. The first-order chi connectivity index (χ1) is 6.52. The zero-order chi connectivity index (χ0) is 10.7. The van der Waals surface area contributed by atoms with E-state index in [1.807, 2.05) is 0 Å². The van der Waals surface area contributed by atoms with E-state index in [0.717, 1.165) is 0 Å². The summed E-state index contributed by atoms with van der Waals surface area (Å²) in [4.78, 5) is 10.4. The van der Waals surface area contributed by atoms with Crippen LogP contribution in [-0.2, 0) is 4.79 Å². The van der Waals surface area contributed by atoms with Gasteiger partial charge in [-0.1, -0.05) is 19.1 Å². The molecule has 3 nitrogen and oxygen atoms in total. The van der Waals surface area contributed by atoms with Crippen molar-refractivity contribution < 1.29 is 19.4 Å². The van der Waals surface area contributed by atoms with Crippen LogP contribution in [0.2, 0.25) is 0 Å². The molecule has 1 aromatic carbocycles. The largest absolute Gasteiger partial charge is 0.505 e. The van der Waals surface area contributed by atoms with Gasteiger partial charge in [-0.2, -0.15) is 0 Å². The Kier molecular flexibility index (Phi) is 3.06. The lowest BCUT2D eigenvalue weighted by Crippen LogP contribution is -2.04. The molecule has 0 aromatic heterocycles. The molecule has 1 aromatic rings. The maximum atomic E-state index is 13.3. The first-order valence-electron chi connectivity index (χ1n) is 4.21. The summed E-state index contributed by atoms with van der Waals surface area (Å²) in [6.07, 6.45) is -0.152. The molecular weight excluding hydrogens is 187 g/mol. The molecule has 76 valence electrons. The highest BCUT2D eigenvalue weighted by atomic mass is 19.1. The van der Waals surface area contributed by atoms with Crippen LogP contribution in [0.15, 0.2) is 18.2 Å². The third-order valence-electron chi connectivity index (χ3n) is 2.02. The summed E-state index contributed by atoms with van der Waals surface area (Å²) in [6, 6.07) is 4.20. The Balaban J connectivity index is 2.95. The fourth-order valence-corrected chi connectivity index (χ4v) is 1.29. The van der Waals surface area contributed by atoms with Crippen molar-refractivity contribution in [2.75, 3.05) is 0 Å². The molecule has 0 spiro atoms. The Morgan fingerprint density at radius 1 is 1.57 bits per heavy atom. The van der Waals surface area contributed by atoms with Crippen molar-refractivity contribution in [2.24, 2.45) is 0 Å². The molecule has 0 fully saturated rings. The minimum Gasteiger partial charge on any atom is -0.505 e. The summed E-state index contributed by atoms with van der Waals surface area (Å²) in [7, 11) is 0. The van der Waals surface area contributed by atoms with Crippen LogP contribution in [0, 0.1) is 5.82 Å². The summed E-state index contributed by atoms with van der Waals surface area (Å²) in [5.41, 5.74) is 0.229. The summed E-state index contributed by atoms with van der Waals surface area (Å²) in [5, 5.41) is 17.6. The molecule has 0 amide bonds. The van der Waals surface area contributed by atoms with Crippen molar-refractivity contribution in [2.45, 2.75) is 19.3 Å². The minimum absolute atomic E-state index is 0.152. The van der Waals surface area contributed by atoms with Crippen LogP contribution in [0.1, 0.15) is 24.8 Å². The number of hydrogen-bond acceptors (Lipinski definition) is 2. The molecule has 1 rings (SSSR count). The van der Waals surface area contributed by atoms with Crippen LogP contribution in [0.25, 0.3) is 0 Å². The highest BCUT2D eigenvalue weighted by molar-refractivity contribution is 5.68. The van der Waals surface area contributed by atoms with E-state index in [2.05, 4.69) is 0 Å². The summed E-state index contributed by atoms with van der Waals surface area (Å²) in [6.45, 7) is 1.60. The van der Waals surface area contributed by atoms with Crippen LogP contribution in [-0.4, -0.2) is 16.2 Å². The number of carboxylic acids is 1. The van der Waals surface area contributed by atoms with E-state index >= 15 is 0 Å². The van der Waals surface area contributed by atoms with Gasteiger partial charge in [0.1, 0.15) is 0 Å². The molecule has 0 saturated carbocycles.